The number of aryl methyl sites for hydroxylation is 1. The molecular weight excluding hydrogens is 501 g/mol. The van der Waals surface area contributed by atoms with Gasteiger partial charge in [-0.05, 0) is 39.8 Å². The summed E-state index contributed by atoms with van der Waals surface area (Å²) in [5, 5.41) is 16.9. The van der Waals surface area contributed by atoms with Crippen molar-refractivity contribution in [2.24, 2.45) is 0 Å². The maximum atomic E-state index is 15.4. The zero-order chi connectivity index (χ0) is 27.7. The number of hydrogen-bond donors (Lipinski definition) is 3. The lowest BCUT2D eigenvalue weighted by atomic mass is 9.91. The van der Waals surface area contributed by atoms with Crippen molar-refractivity contribution >= 4 is 16.7 Å². The molecule has 1 aromatic heterocycles. The molecule has 1 fully saturated rings. The van der Waals surface area contributed by atoms with Gasteiger partial charge in [0, 0.05) is 37.2 Å². The third kappa shape index (κ3) is 5.64. The van der Waals surface area contributed by atoms with Crippen molar-refractivity contribution in [2.75, 3.05) is 38.7 Å². The van der Waals surface area contributed by atoms with Crippen LogP contribution in [0.1, 0.15) is 43.8 Å². The highest BCUT2D eigenvalue weighted by atomic mass is 19.3. The van der Waals surface area contributed by atoms with E-state index in [9.17, 15) is 13.9 Å². The van der Waals surface area contributed by atoms with Crippen LogP contribution in [-0.2, 0) is 10.7 Å². The van der Waals surface area contributed by atoms with E-state index in [1.165, 1.54) is 12.1 Å². The van der Waals surface area contributed by atoms with E-state index < -0.39 is 28.9 Å². The third-order valence-electron chi connectivity index (χ3n) is 6.41. The van der Waals surface area contributed by atoms with E-state index in [4.69, 9.17) is 14.2 Å². The molecule has 0 bridgehead atoms. The molecule has 1 aliphatic rings. The molecular formula is C27H33F3N4O4. The molecule has 4 rings (SSSR count). The van der Waals surface area contributed by atoms with Gasteiger partial charge in [0.1, 0.15) is 35.8 Å². The Morgan fingerprint density at radius 1 is 1.16 bits per heavy atom. The quantitative estimate of drug-likeness (QED) is 0.310. The fourth-order valence-electron chi connectivity index (χ4n) is 4.07. The van der Waals surface area contributed by atoms with E-state index in [0.717, 1.165) is 33.0 Å². The van der Waals surface area contributed by atoms with Crippen LogP contribution in [0.25, 0.3) is 10.9 Å². The standard InChI is InChI=1S/C27H33F3N4O4/c1-15(18-7-6-8-20(24(18)28)27(29,30)26(3,4)35)32-25-19-11-22(37-10-9-36-5)23(38-17-13-31-14-17)12-21(19)33-16(2)34-25/h6-8,11-12,15,17,31,35H,9-10,13-14H2,1-5H3,(H,32,33,34). The largest absolute Gasteiger partial charge is 0.487 e. The Balaban J connectivity index is 1.71. The molecule has 1 unspecified atom stereocenters. The zero-order valence-corrected chi connectivity index (χ0v) is 22.1. The van der Waals surface area contributed by atoms with E-state index in [-0.39, 0.29) is 11.7 Å². The van der Waals surface area contributed by atoms with Gasteiger partial charge in [-0.1, -0.05) is 12.1 Å². The minimum atomic E-state index is -3.80. The molecule has 0 aliphatic carbocycles. The molecule has 0 amide bonds. The number of fused-ring (bicyclic) bond motifs is 1. The Labute approximate surface area is 219 Å². The Bertz CT molecular complexity index is 1300. The molecule has 0 spiro atoms. The summed E-state index contributed by atoms with van der Waals surface area (Å²) in [7, 11) is 1.58. The van der Waals surface area contributed by atoms with Crippen molar-refractivity contribution in [3.8, 4) is 11.5 Å². The van der Waals surface area contributed by atoms with Gasteiger partial charge < -0.3 is 30.0 Å². The van der Waals surface area contributed by atoms with Crippen molar-refractivity contribution in [1.82, 2.24) is 15.3 Å². The minimum Gasteiger partial charge on any atom is -0.487 e. The zero-order valence-electron chi connectivity index (χ0n) is 22.1. The van der Waals surface area contributed by atoms with E-state index in [0.29, 0.717) is 47.3 Å². The summed E-state index contributed by atoms with van der Waals surface area (Å²) in [5.74, 6) is -3.05. The molecule has 206 valence electrons. The topological polar surface area (TPSA) is 97.8 Å². The maximum Gasteiger partial charge on any atom is 0.303 e. The number of nitrogens with one attached hydrogen (secondary N) is 2. The second-order valence-corrected chi connectivity index (χ2v) is 9.88. The monoisotopic (exact) mass is 534 g/mol. The lowest BCUT2D eigenvalue weighted by Gasteiger charge is -2.30. The van der Waals surface area contributed by atoms with E-state index >= 15 is 4.39 Å². The van der Waals surface area contributed by atoms with Gasteiger partial charge >= 0.3 is 5.92 Å². The van der Waals surface area contributed by atoms with Crippen molar-refractivity contribution in [3.05, 3.63) is 53.1 Å². The van der Waals surface area contributed by atoms with Gasteiger partial charge in [-0.2, -0.15) is 8.78 Å². The summed E-state index contributed by atoms with van der Waals surface area (Å²) in [6.07, 6.45) is 0.00931. The van der Waals surface area contributed by atoms with Gasteiger partial charge in [0.2, 0.25) is 0 Å². The van der Waals surface area contributed by atoms with Crippen molar-refractivity contribution in [3.63, 3.8) is 0 Å². The molecule has 8 nitrogen and oxygen atoms in total. The first-order chi connectivity index (χ1) is 17.9. The summed E-state index contributed by atoms with van der Waals surface area (Å²) < 4.78 is 62.1. The fourth-order valence-corrected chi connectivity index (χ4v) is 4.07. The molecule has 3 aromatic rings. The molecule has 3 N–H and O–H groups in total. The van der Waals surface area contributed by atoms with Crippen LogP contribution in [-0.4, -0.2) is 60.2 Å². The first-order valence-electron chi connectivity index (χ1n) is 12.4. The normalized spacial score (nSPS) is 15.3. The van der Waals surface area contributed by atoms with Crippen LogP contribution in [0.4, 0.5) is 19.0 Å². The van der Waals surface area contributed by atoms with Crippen molar-refractivity contribution in [2.45, 2.75) is 51.4 Å². The molecule has 1 aliphatic heterocycles. The van der Waals surface area contributed by atoms with E-state index in [2.05, 4.69) is 20.6 Å². The molecule has 2 heterocycles. The Morgan fingerprint density at radius 3 is 2.53 bits per heavy atom. The maximum absolute atomic E-state index is 15.4. The predicted molar refractivity (Wildman–Crippen MR) is 138 cm³/mol. The van der Waals surface area contributed by atoms with Gasteiger partial charge in [0.15, 0.2) is 11.5 Å². The lowest BCUT2D eigenvalue weighted by Crippen LogP contribution is -2.50. The smallest absolute Gasteiger partial charge is 0.303 e. The lowest BCUT2D eigenvalue weighted by molar-refractivity contribution is -0.170. The number of halogens is 3. The fraction of sp³-hybridized carbons (Fsp3) is 0.481. The van der Waals surface area contributed by atoms with Crippen LogP contribution in [0.3, 0.4) is 0 Å². The van der Waals surface area contributed by atoms with Crippen LogP contribution < -0.4 is 20.1 Å². The minimum absolute atomic E-state index is 0.00449. The predicted octanol–water partition coefficient (Wildman–Crippen LogP) is 4.49. The number of ether oxygens (including phenoxy) is 3. The average molecular weight is 535 g/mol. The van der Waals surface area contributed by atoms with Crippen LogP contribution in [0.5, 0.6) is 11.5 Å². The highest BCUT2D eigenvalue weighted by molar-refractivity contribution is 5.92. The van der Waals surface area contributed by atoms with Crippen molar-refractivity contribution in [1.29, 1.82) is 0 Å². The number of nitrogens with zero attached hydrogens (tertiary/aromatic N) is 2. The summed E-state index contributed by atoms with van der Waals surface area (Å²) >= 11 is 0. The first-order valence-corrected chi connectivity index (χ1v) is 12.4. The van der Waals surface area contributed by atoms with Gasteiger partial charge in [0.05, 0.1) is 23.7 Å². The number of hydrogen-bond acceptors (Lipinski definition) is 8. The van der Waals surface area contributed by atoms with Gasteiger partial charge in [-0.3, -0.25) is 0 Å². The Morgan fingerprint density at radius 2 is 1.89 bits per heavy atom. The van der Waals surface area contributed by atoms with Gasteiger partial charge in [0.25, 0.3) is 0 Å². The number of rotatable bonds is 11. The van der Waals surface area contributed by atoms with Crippen LogP contribution in [0, 0.1) is 12.7 Å². The van der Waals surface area contributed by atoms with Crippen LogP contribution in [0.2, 0.25) is 0 Å². The second-order valence-electron chi connectivity index (χ2n) is 9.88. The number of benzene rings is 2. The first kappa shape index (κ1) is 27.9. The number of anilines is 1. The highest BCUT2D eigenvalue weighted by Gasteiger charge is 2.49. The summed E-state index contributed by atoms with van der Waals surface area (Å²) in [4.78, 5) is 9.03. The number of methoxy groups -OCH3 is 1. The molecule has 2 aromatic carbocycles. The van der Waals surface area contributed by atoms with Gasteiger partial charge in [-0.15, -0.1) is 0 Å². The Kier molecular flexibility index (Phi) is 8.01. The molecule has 38 heavy (non-hydrogen) atoms. The second kappa shape index (κ2) is 10.9. The van der Waals surface area contributed by atoms with Gasteiger partial charge in [-0.25, -0.2) is 14.4 Å². The third-order valence-corrected chi connectivity index (χ3v) is 6.41. The Hall–Kier alpha value is -3.15. The van der Waals surface area contributed by atoms with Crippen molar-refractivity contribution < 1.29 is 32.5 Å². The number of aliphatic hydroxyl groups is 1. The number of alkyl halides is 2. The molecule has 0 saturated carbocycles. The van der Waals surface area contributed by atoms with Crippen LogP contribution >= 0.6 is 0 Å². The number of aromatic nitrogens is 2. The average Bonchev–Trinajstić information content (AvgIpc) is 2.81. The molecule has 1 atom stereocenters. The molecule has 0 radical (unpaired) electrons. The summed E-state index contributed by atoms with van der Waals surface area (Å²) in [5.41, 5.74) is -2.74. The van der Waals surface area contributed by atoms with Crippen LogP contribution in [0.15, 0.2) is 30.3 Å². The van der Waals surface area contributed by atoms with E-state index in [1.807, 2.05) is 0 Å². The summed E-state index contributed by atoms with van der Waals surface area (Å²) in [6.45, 7) is 7.37. The molecule has 1 saturated heterocycles. The summed E-state index contributed by atoms with van der Waals surface area (Å²) in [6, 6.07) is 6.51. The molecule has 11 heteroatoms. The highest BCUT2D eigenvalue weighted by Crippen LogP contribution is 2.42. The van der Waals surface area contributed by atoms with E-state index in [1.54, 1.807) is 33.1 Å². The SMILES string of the molecule is COCCOc1cc2c(NC(C)c3cccc(C(F)(F)C(C)(C)O)c3F)nc(C)nc2cc1OC1CNC1.